The van der Waals surface area contributed by atoms with E-state index in [1.807, 2.05) is 41.4 Å². The van der Waals surface area contributed by atoms with Gasteiger partial charge in [-0.25, -0.2) is 4.98 Å². The van der Waals surface area contributed by atoms with Gasteiger partial charge in [0.25, 0.3) is 0 Å². The van der Waals surface area contributed by atoms with Gasteiger partial charge in [-0.1, -0.05) is 0 Å². The Bertz CT molecular complexity index is 868. The van der Waals surface area contributed by atoms with Gasteiger partial charge in [-0.05, 0) is 46.5 Å². The molecule has 0 saturated carbocycles. The number of aryl methyl sites for hydroxylation is 2. The summed E-state index contributed by atoms with van der Waals surface area (Å²) >= 11 is 1.64. The second kappa shape index (κ2) is 8.73. The fourth-order valence-corrected chi connectivity index (χ4v) is 3.58. The number of amides is 1. The SMILES string of the molecule is COc1cc(OC)cc([C@@H](NC(=O)CCc2ccsc2)c2nccn2C)c1. The summed E-state index contributed by atoms with van der Waals surface area (Å²) in [6.45, 7) is 0. The first-order chi connectivity index (χ1) is 13.1. The Kier molecular flexibility index (Phi) is 6.13. The number of benzene rings is 1. The molecule has 0 radical (unpaired) electrons. The zero-order valence-electron chi connectivity index (χ0n) is 15.6. The summed E-state index contributed by atoms with van der Waals surface area (Å²) in [4.78, 5) is 17.1. The van der Waals surface area contributed by atoms with Crippen LogP contribution in [0.15, 0.2) is 47.4 Å². The van der Waals surface area contributed by atoms with Crippen molar-refractivity contribution in [2.45, 2.75) is 18.9 Å². The van der Waals surface area contributed by atoms with Gasteiger partial charge in [-0.3, -0.25) is 4.79 Å². The quantitative estimate of drug-likeness (QED) is 0.646. The van der Waals surface area contributed by atoms with Crippen LogP contribution >= 0.6 is 11.3 Å². The van der Waals surface area contributed by atoms with Crippen LogP contribution in [0, 0.1) is 0 Å². The lowest BCUT2D eigenvalue weighted by molar-refractivity contribution is -0.121. The normalized spacial score (nSPS) is 11.8. The number of hydrogen-bond donors (Lipinski definition) is 1. The van der Waals surface area contributed by atoms with Crippen LogP contribution in [0.4, 0.5) is 0 Å². The zero-order valence-corrected chi connectivity index (χ0v) is 16.5. The van der Waals surface area contributed by atoms with E-state index in [0.29, 0.717) is 24.3 Å². The number of methoxy groups -OCH3 is 2. The van der Waals surface area contributed by atoms with Crippen LogP contribution in [0.5, 0.6) is 11.5 Å². The number of nitrogens with zero attached hydrogens (tertiary/aromatic N) is 2. The van der Waals surface area contributed by atoms with Gasteiger partial charge in [0.05, 0.1) is 14.2 Å². The summed E-state index contributed by atoms with van der Waals surface area (Å²) in [5.74, 6) is 2.04. The van der Waals surface area contributed by atoms with Gasteiger partial charge >= 0.3 is 0 Å². The highest BCUT2D eigenvalue weighted by molar-refractivity contribution is 7.07. The molecule has 1 atom stereocenters. The number of aromatic nitrogens is 2. The van der Waals surface area contributed by atoms with Gasteiger partial charge in [0.15, 0.2) is 0 Å². The molecular weight excluding hydrogens is 362 g/mol. The molecule has 7 heteroatoms. The summed E-state index contributed by atoms with van der Waals surface area (Å²) in [5.41, 5.74) is 2.02. The fourth-order valence-electron chi connectivity index (χ4n) is 2.87. The van der Waals surface area contributed by atoms with Crippen molar-refractivity contribution in [2.75, 3.05) is 14.2 Å². The number of thiophene rings is 1. The molecule has 0 aliphatic rings. The number of ether oxygens (including phenoxy) is 2. The van der Waals surface area contributed by atoms with Gasteiger partial charge in [0.2, 0.25) is 5.91 Å². The van der Waals surface area contributed by atoms with Gasteiger partial charge < -0.3 is 19.4 Å². The topological polar surface area (TPSA) is 65.4 Å². The predicted octanol–water partition coefficient (Wildman–Crippen LogP) is 3.34. The average Bonchev–Trinajstić information content (AvgIpc) is 3.35. The fraction of sp³-hybridized carbons (Fsp3) is 0.300. The molecule has 2 aromatic heterocycles. The van der Waals surface area contributed by atoms with Crippen molar-refractivity contribution in [1.82, 2.24) is 14.9 Å². The van der Waals surface area contributed by atoms with E-state index >= 15 is 0 Å². The minimum absolute atomic E-state index is 0.0315. The van der Waals surface area contributed by atoms with Crippen molar-refractivity contribution >= 4 is 17.2 Å². The van der Waals surface area contributed by atoms with Crippen molar-refractivity contribution < 1.29 is 14.3 Å². The first-order valence-corrected chi connectivity index (χ1v) is 9.55. The van der Waals surface area contributed by atoms with Crippen molar-refractivity contribution in [3.05, 3.63) is 64.4 Å². The Hall–Kier alpha value is -2.80. The van der Waals surface area contributed by atoms with Crippen LogP contribution in [-0.2, 0) is 18.3 Å². The molecule has 1 aromatic carbocycles. The van der Waals surface area contributed by atoms with E-state index in [-0.39, 0.29) is 5.91 Å². The van der Waals surface area contributed by atoms with Crippen molar-refractivity contribution in [1.29, 1.82) is 0 Å². The van der Waals surface area contributed by atoms with E-state index in [9.17, 15) is 4.79 Å². The smallest absolute Gasteiger partial charge is 0.221 e. The first-order valence-electron chi connectivity index (χ1n) is 8.61. The van der Waals surface area contributed by atoms with E-state index in [2.05, 4.69) is 15.7 Å². The standard InChI is InChI=1S/C20H23N3O3S/c1-23-8-7-21-20(23)19(15-10-16(25-2)12-17(11-15)26-3)22-18(24)5-4-14-6-9-27-13-14/h6-13,19H,4-5H2,1-3H3,(H,22,24)/t19-/m1/s1. The molecule has 0 unspecified atom stereocenters. The molecule has 6 nitrogen and oxygen atoms in total. The van der Waals surface area contributed by atoms with Gasteiger partial charge in [0.1, 0.15) is 23.4 Å². The van der Waals surface area contributed by atoms with Crippen molar-refractivity contribution in [3.8, 4) is 11.5 Å². The number of carbonyl (C=O) groups excluding carboxylic acids is 1. The number of nitrogens with one attached hydrogen (secondary N) is 1. The molecule has 2 heterocycles. The van der Waals surface area contributed by atoms with E-state index in [4.69, 9.17) is 9.47 Å². The number of rotatable bonds is 8. The molecule has 27 heavy (non-hydrogen) atoms. The molecule has 1 amide bonds. The van der Waals surface area contributed by atoms with Crippen molar-refractivity contribution in [2.24, 2.45) is 7.05 Å². The zero-order chi connectivity index (χ0) is 19.2. The Balaban J connectivity index is 1.86. The second-order valence-corrected chi connectivity index (χ2v) is 6.95. The third-order valence-electron chi connectivity index (χ3n) is 4.35. The predicted molar refractivity (Wildman–Crippen MR) is 105 cm³/mol. The van der Waals surface area contributed by atoms with E-state index in [0.717, 1.165) is 11.4 Å². The van der Waals surface area contributed by atoms with Crippen LogP contribution < -0.4 is 14.8 Å². The molecule has 142 valence electrons. The van der Waals surface area contributed by atoms with Gasteiger partial charge in [-0.15, -0.1) is 0 Å². The largest absolute Gasteiger partial charge is 0.497 e. The Labute approximate surface area is 162 Å². The summed E-state index contributed by atoms with van der Waals surface area (Å²) in [5, 5.41) is 7.20. The number of imidazole rings is 1. The highest BCUT2D eigenvalue weighted by atomic mass is 32.1. The third kappa shape index (κ3) is 4.68. The van der Waals surface area contributed by atoms with E-state index in [1.165, 1.54) is 5.56 Å². The highest BCUT2D eigenvalue weighted by Gasteiger charge is 2.22. The van der Waals surface area contributed by atoms with Gasteiger partial charge in [0, 0.05) is 31.9 Å². The summed E-state index contributed by atoms with van der Waals surface area (Å²) < 4.78 is 12.7. The molecule has 3 aromatic rings. The monoisotopic (exact) mass is 385 g/mol. The van der Waals surface area contributed by atoms with Gasteiger partial charge in [-0.2, -0.15) is 11.3 Å². The molecule has 0 bridgehead atoms. The maximum Gasteiger partial charge on any atom is 0.221 e. The van der Waals surface area contributed by atoms with Crippen LogP contribution in [-0.4, -0.2) is 29.7 Å². The van der Waals surface area contributed by atoms with Crippen LogP contribution in [0.3, 0.4) is 0 Å². The molecule has 0 fully saturated rings. The lowest BCUT2D eigenvalue weighted by Gasteiger charge is -2.20. The summed E-state index contributed by atoms with van der Waals surface area (Å²) in [6, 6.07) is 7.23. The van der Waals surface area contributed by atoms with Crippen molar-refractivity contribution in [3.63, 3.8) is 0 Å². The van der Waals surface area contributed by atoms with E-state index < -0.39 is 6.04 Å². The minimum Gasteiger partial charge on any atom is -0.497 e. The number of carbonyl (C=O) groups is 1. The lowest BCUT2D eigenvalue weighted by Crippen LogP contribution is -2.31. The van der Waals surface area contributed by atoms with E-state index in [1.54, 1.807) is 37.8 Å². The maximum atomic E-state index is 12.6. The lowest BCUT2D eigenvalue weighted by atomic mass is 10.0. The molecule has 0 spiro atoms. The Morgan fingerprint density at radius 2 is 2.00 bits per heavy atom. The Morgan fingerprint density at radius 1 is 1.26 bits per heavy atom. The molecule has 3 rings (SSSR count). The second-order valence-electron chi connectivity index (χ2n) is 6.17. The summed E-state index contributed by atoms with van der Waals surface area (Å²) in [7, 11) is 5.12. The maximum absolute atomic E-state index is 12.6. The van der Waals surface area contributed by atoms with Crippen LogP contribution in [0.2, 0.25) is 0 Å². The highest BCUT2D eigenvalue weighted by Crippen LogP contribution is 2.29. The average molecular weight is 385 g/mol. The molecule has 0 aliphatic heterocycles. The first kappa shape index (κ1) is 19.0. The molecule has 1 N–H and O–H groups in total. The third-order valence-corrected chi connectivity index (χ3v) is 5.08. The summed E-state index contributed by atoms with van der Waals surface area (Å²) in [6.07, 6.45) is 4.71. The molecule has 0 aliphatic carbocycles. The minimum atomic E-state index is -0.399. The van der Waals surface area contributed by atoms with Crippen LogP contribution in [0.25, 0.3) is 0 Å². The number of hydrogen-bond acceptors (Lipinski definition) is 5. The Morgan fingerprint density at radius 3 is 2.56 bits per heavy atom. The molecule has 0 saturated heterocycles. The molecular formula is C20H23N3O3S. The van der Waals surface area contributed by atoms with Crippen LogP contribution in [0.1, 0.15) is 29.4 Å².